The van der Waals surface area contributed by atoms with Gasteiger partial charge in [0.2, 0.25) is 0 Å². The van der Waals surface area contributed by atoms with Crippen molar-refractivity contribution in [2.24, 2.45) is 0 Å². The molecule has 1 heterocycles. The highest BCUT2D eigenvalue weighted by atomic mass is 16.5. The zero-order valence-electron chi connectivity index (χ0n) is 16.5. The van der Waals surface area contributed by atoms with E-state index in [4.69, 9.17) is 9.47 Å². The SMILES string of the molecule is COc1ccc([C@@H]2C[C@](C)(c3ccc(OC)cc3)Nc3ccccc3N2)cc1. The van der Waals surface area contributed by atoms with Crippen LogP contribution in [0.2, 0.25) is 0 Å². The van der Waals surface area contributed by atoms with Gasteiger partial charge in [0.05, 0.1) is 37.2 Å². The van der Waals surface area contributed by atoms with Crippen LogP contribution in [0.3, 0.4) is 0 Å². The maximum absolute atomic E-state index is 5.34. The van der Waals surface area contributed by atoms with Gasteiger partial charge in [-0.05, 0) is 60.9 Å². The normalized spacial score (nSPS) is 20.9. The number of rotatable bonds is 4. The quantitative estimate of drug-likeness (QED) is 0.625. The average Bonchev–Trinajstić information content (AvgIpc) is 2.90. The second-order valence-corrected chi connectivity index (χ2v) is 7.41. The van der Waals surface area contributed by atoms with E-state index in [-0.39, 0.29) is 11.6 Å². The summed E-state index contributed by atoms with van der Waals surface area (Å²) >= 11 is 0. The highest BCUT2D eigenvalue weighted by Crippen LogP contribution is 2.42. The van der Waals surface area contributed by atoms with E-state index in [1.54, 1.807) is 14.2 Å². The Labute approximate surface area is 166 Å². The summed E-state index contributed by atoms with van der Waals surface area (Å²) < 4.78 is 10.7. The fraction of sp³-hybridized carbons (Fsp3) is 0.250. The molecule has 0 spiro atoms. The number of benzene rings is 3. The molecule has 0 saturated heterocycles. The maximum Gasteiger partial charge on any atom is 0.118 e. The van der Waals surface area contributed by atoms with Crippen molar-refractivity contribution in [1.82, 2.24) is 0 Å². The molecule has 28 heavy (non-hydrogen) atoms. The molecular weight excluding hydrogens is 348 g/mol. The largest absolute Gasteiger partial charge is 0.497 e. The van der Waals surface area contributed by atoms with Gasteiger partial charge in [0.15, 0.2) is 0 Å². The van der Waals surface area contributed by atoms with Crippen LogP contribution in [0.15, 0.2) is 72.8 Å². The lowest BCUT2D eigenvalue weighted by molar-refractivity contribution is 0.412. The third-order valence-electron chi connectivity index (χ3n) is 5.53. The van der Waals surface area contributed by atoms with Gasteiger partial charge in [0, 0.05) is 0 Å². The molecule has 0 aliphatic carbocycles. The Morgan fingerprint density at radius 2 is 1.36 bits per heavy atom. The molecule has 0 radical (unpaired) electrons. The first-order chi connectivity index (χ1) is 13.6. The summed E-state index contributed by atoms with van der Waals surface area (Å²) in [5.74, 6) is 1.74. The van der Waals surface area contributed by atoms with E-state index in [2.05, 4.69) is 66.1 Å². The summed E-state index contributed by atoms with van der Waals surface area (Å²) in [5.41, 5.74) is 4.44. The molecule has 4 rings (SSSR count). The molecule has 0 fully saturated rings. The lowest BCUT2D eigenvalue weighted by Crippen LogP contribution is -2.33. The van der Waals surface area contributed by atoms with Gasteiger partial charge in [-0.15, -0.1) is 0 Å². The van der Waals surface area contributed by atoms with Gasteiger partial charge in [-0.1, -0.05) is 36.4 Å². The second-order valence-electron chi connectivity index (χ2n) is 7.41. The van der Waals surface area contributed by atoms with E-state index in [0.717, 1.165) is 29.3 Å². The number of methoxy groups -OCH3 is 2. The predicted octanol–water partition coefficient (Wildman–Crippen LogP) is 5.59. The Balaban J connectivity index is 1.75. The summed E-state index contributed by atoms with van der Waals surface area (Å²) in [6.45, 7) is 2.26. The third kappa shape index (κ3) is 3.50. The fourth-order valence-electron chi connectivity index (χ4n) is 3.90. The predicted molar refractivity (Wildman–Crippen MR) is 114 cm³/mol. The van der Waals surface area contributed by atoms with Crippen molar-refractivity contribution >= 4 is 11.4 Å². The molecular formula is C24H26N2O2. The van der Waals surface area contributed by atoms with Gasteiger partial charge in [-0.2, -0.15) is 0 Å². The highest BCUT2D eigenvalue weighted by Gasteiger charge is 2.34. The molecule has 0 aromatic heterocycles. The lowest BCUT2D eigenvalue weighted by atomic mass is 9.83. The van der Waals surface area contributed by atoms with Crippen LogP contribution in [-0.4, -0.2) is 14.2 Å². The van der Waals surface area contributed by atoms with Crippen molar-refractivity contribution < 1.29 is 9.47 Å². The molecule has 1 aliphatic rings. The van der Waals surface area contributed by atoms with E-state index in [0.29, 0.717) is 0 Å². The highest BCUT2D eigenvalue weighted by molar-refractivity contribution is 5.71. The molecule has 0 amide bonds. The Kier molecular flexibility index (Phi) is 4.86. The molecule has 3 aromatic rings. The molecule has 2 N–H and O–H groups in total. The van der Waals surface area contributed by atoms with E-state index < -0.39 is 0 Å². The van der Waals surface area contributed by atoms with Gasteiger partial charge < -0.3 is 20.1 Å². The smallest absolute Gasteiger partial charge is 0.118 e. The first-order valence-electron chi connectivity index (χ1n) is 9.53. The molecule has 4 nitrogen and oxygen atoms in total. The van der Waals surface area contributed by atoms with E-state index in [9.17, 15) is 0 Å². The number of nitrogens with one attached hydrogen (secondary N) is 2. The van der Waals surface area contributed by atoms with Gasteiger partial charge in [-0.25, -0.2) is 0 Å². The molecule has 0 saturated carbocycles. The van der Waals surface area contributed by atoms with Gasteiger partial charge in [-0.3, -0.25) is 0 Å². The van der Waals surface area contributed by atoms with Crippen molar-refractivity contribution in [2.75, 3.05) is 24.9 Å². The van der Waals surface area contributed by atoms with Crippen molar-refractivity contribution in [3.05, 3.63) is 83.9 Å². The number of hydrogen-bond donors (Lipinski definition) is 2. The van der Waals surface area contributed by atoms with Crippen LogP contribution in [-0.2, 0) is 5.54 Å². The average molecular weight is 374 g/mol. The van der Waals surface area contributed by atoms with Crippen LogP contribution in [0.25, 0.3) is 0 Å². The van der Waals surface area contributed by atoms with Crippen molar-refractivity contribution in [1.29, 1.82) is 0 Å². The topological polar surface area (TPSA) is 42.5 Å². The van der Waals surface area contributed by atoms with Crippen LogP contribution in [0.4, 0.5) is 11.4 Å². The number of hydrogen-bond acceptors (Lipinski definition) is 4. The summed E-state index contributed by atoms with van der Waals surface area (Å²) in [7, 11) is 3.39. The molecule has 3 aromatic carbocycles. The van der Waals surface area contributed by atoms with Crippen molar-refractivity contribution in [2.45, 2.75) is 24.9 Å². The zero-order chi connectivity index (χ0) is 19.6. The summed E-state index contributed by atoms with van der Waals surface area (Å²) in [4.78, 5) is 0. The first kappa shape index (κ1) is 18.2. The fourth-order valence-corrected chi connectivity index (χ4v) is 3.90. The molecule has 2 atom stereocenters. The Morgan fingerprint density at radius 3 is 1.96 bits per heavy atom. The molecule has 0 unspecified atom stereocenters. The summed E-state index contributed by atoms with van der Waals surface area (Å²) in [6.07, 6.45) is 0.889. The number of anilines is 2. The Bertz CT molecular complexity index is 938. The number of fused-ring (bicyclic) bond motifs is 1. The standard InChI is InChI=1S/C24H26N2O2/c1-24(18-10-14-20(28-3)15-11-18)16-23(17-8-12-19(27-2)13-9-17)25-21-6-4-5-7-22(21)26-24/h4-15,23,25-26H,16H2,1-3H3/t23-,24+/m0/s1. The monoisotopic (exact) mass is 374 g/mol. The van der Waals surface area contributed by atoms with Gasteiger partial charge in [0.1, 0.15) is 11.5 Å². The first-order valence-corrected chi connectivity index (χ1v) is 9.53. The molecule has 4 heteroatoms. The minimum Gasteiger partial charge on any atom is -0.497 e. The van der Waals surface area contributed by atoms with Crippen molar-refractivity contribution in [3.63, 3.8) is 0 Å². The minimum atomic E-state index is -0.240. The second kappa shape index (κ2) is 7.47. The van der Waals surface area contributed by atoms with E-state index in [1.807, 2.05) is 24.3 Å². The lowest BCUT2D eigenvalue weighted by Gasteiger charge is -2.33. The Morgan fingerprint density at radius 1 is 0.786 bits per heavy atom. The maximum atomic E-state index is 5.34. The van der Waals surface area contributed by atoms with Crippen LogP contribution < -0.4 is 20.1 Å². The minimum absolute atomic E-state index is 0.161. The third-order valence-corrected chi connectivity index (χ3v) is 5.53. The number of para-hydroxylation sites is 2. The van der Waals surface area contributed by atoms with Crippen molar-refractivity contribution in [3.8, 4) is 11.5 Å². The summed E-state index contributed by atoms with van der Waals surface area (Å²) in [5, 5.41) is 7.52. The molecule has 0 bridgehead atoms. The van der Waals surface area contributed by atoms with E-state index >= 15 is 0 Å². The van der Waals surface area contributed by atoms with Crippen LogP contribution >= 0.6 is 0 Å². The summed E-state index contributed by atoms with van der Waals surface area (Å²) in [6, 6.07) is 25.2. The van der Waals surface area contributed by atoms with E-state index in [1.165, 1.54) is 11.1 Å². The Hall–Kier alpha value is -3.14. The van der Waals surface area contributed by atoms with Gasteiger partial charge in [0.25, 0.3) is 0 Å². The van der Waals surface area contributed by atoms with Crippen LogP contribution in [0, 0.1) is 0 Å². The van der Waals surface area contributed by atoms with Crippen LogP contribution in [0.5, 0.6) is 11.5 Å². The molecule has 144 valence electrons. The van der Waals surface area contributed by atoms with Crippen LogP contribution in [0.1, 0.15) is 30.5 Å². The van der Waals surface area contributed by atoms with Gasteiger partial charge >= 0.3 is 0 Å². The molecule has 1 aliphatic heterocycles. The number of ether oxygens (including phenoxy) is 2. The zero-order valence-corrected chi connectivity index (χ0v) is 16.5.